The zero-order valence-corrected chi connectivity index (χ0v) is 9.36. The molecule has 0 saturated carbocycles. The first-order chi connectivity index (χ1) is 5.52. The molecule has 0 aromatic heterocycles. The molecule has 3 heteroatoms. The summed E-state index contributed by atoms with van der Waals surface area (Å²) in [6, 6.07) is 0.180. The van der Waals surface area contributed by atoms with E-state index in [2.05, 4.69) is 13.8 Å². The van der Waals surface area contributed by atoms with E-state index in [1.165, 1.54) is 0 Å². The highest BCUT2D eigenvalue weighted by Gasteiger charge is 2.05. The zero-order valence-electron chi connectivity index (χ0n) is 8.54. The molecule has 0 bridgehead atoms. The van der Waals surface area contributed by atoms with Crippen molar-refractivity contribution >= 4 is 11.8 Å². The Balaban J connectivity index is 3.27. The molecule has 0 heterocycles. The standard InChI is InChI=1S/C9H21NOS/c1-7(2)11-5-9(10)6-12-8(3)4/h7-9H,5-6,10H2,1-4H3. The predicted molar refractivity (Wildman–Crippen MR) is 56.7 cm³/mol. The van der Waals surface area contributed by atoms with Crippen LogP contribution in [0.2, 0.25) is 0 Å². The van der Waals surface area contributed by atoms with E-state index in [0.29, 0.717) is 18.0 Å². The van der Waals surface area contributed by atoms with Gasteiger partial charge < -0.3 is 10.5 Å². The summed E-state index contributed by atoms with van der Waals surface area (Å²) in [5, 5.41) is 0.662. The van der Waals surface area contributed by atoms with Gasteiger partial charge in [-0.1, -0.05) is 13.8 Å². The Kier molecular flexibility index (Phi) is 6.90. The molecule has 1 unspecified atom stereocenters. The normalized spacial score (nSPS) is 14.2. The van der Waals surface area contributed by atoms with E-state index < -0.39 is 0 Å². The van der Waals surface area contributed by atoms with Gasteiger partial charge in [0.1, 0.15) is 0 Å². The van der Waals surface area contributed by atoms with Crippen LogP contribution in [0.15, 0.2) is 0 Å². The maximum absolute atomic E-state index is 5.82. The molecule has 12 heavy (non-hydrogen) atoms. The first-order valence-corrected chi connectivity index (χ1v) is 5.56. The Hall–Kier alpha value is 0.270. The molecular weight excluding hydrogens is 170 g/mol. The van der Waals surface area contributed by atoms with Crippen molar-refractivity contribution < 1.29 is 4.74 Å². The molecule has 0 spiro atoms. The van der Waals surface area contributed by atoms with Crippen LogP contribution in [-0.4, -0.2) is 29.8 Å². The molecule has 2 nitrogen and oxygen atoms in total. The Bertz CT molecular complexity index is 94.7. The lowest BCUT2D eigenvalue weighted by molar-refractivity contribution is 0.0719. The summed E-state index contributed by atoms with van der Waals surface area (Å²) >= 11 is 1.89. The summed E-state index contributed by atoms with van der Waals surface area (Å²) in [7, 11) is 0. The fraction of sp³-hybridized carbons (Fsp3) is 1.00. The number of hydrogen-bond donors (Lipinski definition) is 1. The summed E-state index contributed by atoms with van der Waals surface area (Å²) in [6.07, 6.45) is 0.292. The molecule has 0 saturated heterocycles. The molecule has 0 radical (unpaired) electrons. The second kappa shape index (κ2) is 6.75. The summed E-state index contributed by atoms with van der Waals surface area (Å²) in [4.78, 5) is 0. The Morgan fingerprint density at radius 2 is 1.83 bits per heavy atom. The monoisotopic (exact) mass is 191 g/mol. The van der Waals surface area contributed by atoms with E-state index in [0.717, 1.165) is 5.75 Å². The molecule has 0 aliphatic rings. The highest BCUT2D eigenvalue weighted by atomic mass is 32.2. The molecule has 0 fully saturated rings. The quantitative estimate of drug-likeness (QED) is 0.696. The number of ether oxygens (including phenoxy) is 1. The molecule has 74 valence electrons. The number of hydrogen-bond acceptors (Lipinski definition) is 3. The van der Waals surface area contributed by atoms with Crippen LogP contribution >= 0.6 is 11.8 Å². The van der Waals surface area contributed by atoms with Gasteiger partial charge in [0.15, 0.2) is 0 Å². The highest BCUT2D eigenvalue weighted by molar-refractivity contribution is 7.99. The van der Waals surface area contributed by atoms with Crippen LogP contribution in [0.1, 0.15) is 27.7 Å². The lowest BCUT2D eigenvalue weighted by Gasteiger charge is -2.14. The molecule has 0 aliphatic carbocycles. The summed E-state index contributed by atoms with van der Waals surface area (Å²) in [5.74, 6) is 0.990. The maximum atomic E-state index is 5.82. The van der Waals surface area contributed by atoms with Crippen molar-refractivity contribution in [2.45, 2.75) is 45.1 Å². The summed E-state index contributed by atoms with van der Waals surface area (Å²) < 4.78 is 5.40. The van der Waals surface area contributed by atoms with E-state index >= 15 is 0 Å². The van der Waals surface area contributed by atoms with Crippen LogP contribution in [0, 0.1) is 0 Å². The highest BCUT2D eigenvalue weighted by Crippen LogP contribution is 2.09. The van der Waals surface area contributed by atoms with Crippen LogP contribution < -0.4 is 5.73 Å². The zero-order chi connectivity index (χ0) is 9.56. The third kappa shape index (κ3) is 8.37. The predicted octanol–water partition coefficient (Wildman–Crippen LogP) is 1.88. The second-order valence-corrected chi connectivity index (χ2v) is 5.13. The summed E-state index contributed by atoms with van der Waals surface area (Å²) in [6.45, 7) is 9.10. The van der Waals surface area contributed by atoms with Gasteiger partial charge in [0.25, 0.3) is 0 Å². The second-order valence-electron chi connectivity index (χ2n) is 3.52. The van der Waals surface area contributed by atoms with E-state index in [1.807, 2.05) is 25.6 Å². The lowest BCUT2D eigenvalue weighted by Crippen LogP contribution is -2.30. The van der Waals surface area contributed by atoms with Gasteiger partial charge in [-0.15, -0.1) is 0 Å². The minimum absolute atomic E-state index is 0.180. The topological polar surface area (TPSA) is 35.2 Å². The minimum atomic E-state index is 0.180. The molecule has 0 aliphatic heterocycles. The van der Waals surface area contributed by atoms with Crippen LogP contribution in [-0.2, 0) is 4.74 Å². The minimum Gasteiger partial charge on any atom is -0.377 e. The van der Waals surface area contributed by atoms with Crippen LogP contribution in [0.25, 0.3) is 0 Å². The van der Waals surface area contributed by atoms with Crippen LogP contribution in [0.4, 0.5) is 0 Å². The fourth-order valence-electron chi connectivity index (χ4n) is 0.680. The summed E-state index contributed by atoms with van der Waals surface area (Å²) in [5.41, 5.74) is 5.82. The SMILES string of the molecule is CC(C)OCC(N)CSC(C)C. The van der Waals surface area contributed by atoms with Crippen molar-refractivity contribution in [2.24, 2.45) is 5.73 Å². The van der Waals surface area contributed by atoms with E-state index in [9.17, 15) is 0 Å². The van der Waals surface area contributed by atoms with Crippen molar-refractivity contribution in [2.75, 3.05) is 12.4 Å². The molecule has 0 aromatic carbocycles. The van der Waals surface area contributed by atoms with Gasteiger partial charge in [0.05, 0.1) is 12.7 Å². The van der Waals surface area contributed by atoms with E-state index in [1.54, 1.807) is 0 Å². The van der Waals surface area contributed by atoms with Crippen LogP contribution in [0.3, 0.4) is 0 Å². The molecule has 0 amide bonds. The first kappa shape index (κ1) is 12.3. The molecular formula is C9H21NOS. The largest absolute Gasteiger partial charge is 0.377 e. The lowest BCUT2D eigenvalue weighted by atomic mass is 10.4. The van der Waals surface area contributed by atoms with Crippen LogP contribution in [0.5, 0.6) is 0 Å². The Labute approximate surface area is 80.2 Å². The third-order valence-electron chi connectivity index (χ3n) is 1.29. The average molecular weight is 191 g/mol. The van der Waals surface area contributed by atoms with Gasteiger partial charge >= 0.3 is 0 Å². The van der Waals surface area contributed by atoms with Gasteiger partial charge in [-0.05, 0) is 19.1 Å². The van der Waals surface area contributed by atoms with Crippen molar-refractivity contribution in [3.63, 3.8) is 0 Å². The van der Waals surface area contributed by atoms with Gasteiger partial charge in [-0.25, -0.2) is 0 Å². The van der Waals surface area contributed by atoms with E-state index in [4.69, 9.17) is 10.5 Å². The van der Waals surface area contributed by atoms with Crippen molar-refractivity contribution in [1.29, 1.82) is 0 Å². The smallest absolute Gasteiger partial charge is 0.0629 e. The molecule has 2 N–H and O–H groups in total. The van der Waals surface area contributed by atoms with Crippen molar-refractivity contribution in [3.05, 3.63) is 0 Å². The molecule has 1 atom stereocenters. The van der Waals surface area contributed by atoms with Gasteiger partial charge in [0, 0.05) is 11.8 Å². The fourth-order valence-corrected chi connectivity index (χ4v) is 1.41. The Morgan fingerprint density at radius 1 is 1.25 bits per heavy atom. The number of nitrogens with two attached hydrogens (primary N) is 1. The van der Waals surface area contributed by atoms with Crippen molar-refractivity contribution in [3.8, 4) is 0 Å². The van der Waals surface area contributed by atoms with Gasteiger partial charge in [-0.2, -0.15) is 11.8 Å². The van der Waals surface area contributed by atoms with Crippen molar-refractivity contribution in [1.82, 2.24) is 0 Å². The van der Waals surface area contributed by atoms with E-state index in [-0.39, 0.29) is 6.04 Å². The Morgan fingerprint density at radius 3 is 2.25 bits per heavy atom. The molecule has 0 aromatic rings. The molecule has 0 rings (SSSR count). The maximum Gasteiger partial charge on any atom is 0.0629 e. The third-order valence-corrected chi connectivity index (χ3v) is 2.57. The van der Waals surface area contributed by atoms with Gasteiger partial charge in [0.2, 0.25) is 0 Å². The first-order valence-electron chi connectivity index (χ1n) is 4.51. The number of rotatable bonds is 6. The van der Waals surface area contributed by atoms with Gasteiger partial charge in [-0.3, -0.25) is 0 Å². The average Bonchev–Trinajstić information content (AvgIpc) is 1.96. The number of thioether (sulfide) groups is 1.